The minimum atomic E-state index is -0.619. The molecule has 1 fully saturated rings. The van der Waals surface area contributed by atoms with Crippen LogP contribution < -0.4 is 20.1 Å². The quantitative estimate of drug-likeness (QED) is 0.885. The monoisotopic (exact) mass is 296 g/mol. The highest BCUT2D eigenvalue weighted by atomic mass is 19.1. The lowest BCUT2D eigenvalue weighted by Crippen LogP contribution is -2.48. The minimum Gasteiger partial charge on any atom is -0.493 e. The lowest BCUT2D eigenvalue weighted by molar-refractivity contribution is 0.0909. The molecule has 0 radical (unpaired) electrons. The fourth-order valence-electron chi connectivity index (χ4n) is 2.50. The van der Waals surface area contributed by atoms with Crippen LogP contribution in [-0.4, -0.2) is 39.3 Å². The largest absolute Gasteiger partial charge is 0.493 e. The molecule has 0 saturated carbocycles. The first-order valence-corrected chi connectivity index (χ1v) is 7.00. The van der Waals surface area contributed by atoms with Crippen molar-refractivity contribution in [2.75, 3.05) is 27.3 Å². The third-order valence-corrected chi connectivity index (χ3v) is 3.82. The van der Waals surface area contributed by atoms with Crippen LogP contribution in [0, 0.1) is 11.7 Å². The van der Waals surface area contributed by atoms with Gasteiger partial charge in [-0.25, -0.2) is 4.39 Å². The second-order valence-corrected chi connectivity index (χ2v) is 5.24. The van der Waals surface area contributed by atoms with E-state index in [-0.39, 0.29) is 17.4 Å². The maximum atomic E-state index is 14.0. The van der Waals surface area contributed by atoms with Crippen LogP contribution in [0.1, 0.15) is 23.7 Å². The van der Waals surface area contributed by atoms with Crippen molar-refractivity contribution in [3.8, 4) is 11.5 Å². The molecular weight excluding hydrogens is 275 g/mol. The van der Waals surface area contributed by atoms with Gasteiger partial charge in [0.25, 0.3) is 5.91 Å². The van der Waals surface area contributed by atoms with Crippen LogP contribution in [0.2, 0.25) is 0 Å². The molecule has 1 heterocycles. The SMILES string of the molecule is COc1cc(F)c(C(=O)NC2CCNCC2C)cc1OC. The number of rotatable bonds is 4. The van der Waals surface area contributed by atoms with Crippen LogP contribution in [0.4, 0.5) is 4.39 Å². The number of methoxy groups -OCH3 is 2. The van der Waals surface area contributed by atoms with Gasteiger partial charge in [0.1, 0.15) is 5.82 Å². The molecule has 2 atom stereocenters. The zero-order chi connectivity index (χ0) is 15.4. The molecule has 1 saturated heterocycles. The summed E-state index contributed by atoms with van der Waals surface area (Å²) in [5.74, 6) is -0.131. The predicted octanol–water partition coefficient (Wildman–Crippen LogP) is 1.57. The van der Waals surface area contributed by atoms with Gasteiger partial charge >= 0.3 is 0 Å². The van der Waals surface area contributed by atoms with Crippen molar-refractivity contribution in [2.45, 2.75) is 19.4 Å². The Kier molecular flexibility index (Phi) is 5.01. The average molecular weight is 296 g/mol. The smallest absolute Gasteiger partial charge is 0.254 e. The van der Waals surface area contributed by atoms with E-state index in [1.54, 1.807) is 0 Å². The van der Waals surface area contributed by atoms with E-state index in [1.807, 2.05) is 0 Å². The van der Waals surface area contributed by atoms with E-state index in [2.05, 4.69) is 17.6 Å². The number of halogens is 1. The Balaban J connectivity index is 2.18. The zero-order valence-corrected chi connectivity index (χ0v) is 12.5. The summed E-state index contributed by atoms with van der Waals surface area (Å²) < 4.78 is 24.2. The molecule has 0 aromatic heterocycles. The molecule has 116 valence electrons. The number of nitrogens with one attached hydrogen (secondary N) is 2. The number of hydrogen-bond acceptors (Lipinski definition) is 4. The minimum absolute atomic E-state index is 0.0293. The molecule has 21 heavy (non-hydrogen) atoms. The summed E-state index contributed by atoms with van der Waals surface area (Å²) in [6, 6.07) is 2.58. The summed E-state index contributed by atoms with van der Waals surface area (Å²) in [7, 11) is 2.88. The maximum absolute atomic E-state index is 14.0. The van der Waals surface area contributed by atoms with Gasteiger partial charge < -0.3 is 20.1 Å². The third-order valence-electron chi connectivity index (χ3n) is 3.82. The summed E-state index contributed by atoms with van der Waals surface area (Å²) >= 11 is 0. The second-order valence-electron chi connectivity index (χ2n) is 5.24. The molecule has 0 aliphatic carbocycles. The fourth-order valence-corrected chi connectivity index (χ4v) is 2.50. The van der Waals surface area contributed by atoms with E-state index in [0.717, 1.165) is 19.5 Å². The summed E-state index contributed by atoms with van der Waals surface area (Å²) in [6.07, 6.45) is 0.835. The van der Waals surface area contributed by atoms with Crippen molar-refractivity contribution in [1.29, 1.82) is 0 Å². The highest BCUT2D eigenvalue weighted by Crippen LogP contribution is 2.30. The van der Waals surface area contributed by atoms with Gasteiger partial charge in [0.15, 0.2) is 11.5 Å². The molecule has 2 unspecified atom stereocenters. The van der Waals surface area contributed by atoms with Crippen LogP contribution in [0.25, 0.3) is 0 Å². The van der Waals surface area contributed by atoms with Gasteiger partial charge in [0, 0.05) is 12.1 Å². The molecule has 1 amide bonds. The van der Waals surface area contributed by atoms with Gasteiger partial charge in [-0.1, -0.05) is 6.92 Å². The van der Waals surface area contributed by atoms with Gasteiger partial charge in [-0.05, 0) is 31.5 Å². The van der Waals surface area contributed by atoms with E-state index in [9.17, 15) is 9.18 Å². The first-order valence-electron chi connectivity index (χ1n) is 7.00. The molecule has 1 aliphatic heterocycles. The number of amides is 1. The van der Waals surface area contributed by atoms with Crippen molar-refractivity contribution in [3.05, 3.63) is 23.5 Å². The molecule has 6 heteroatoms. The van der Waals surface area contributed by atoms with Gasteiger partial charge in [-0.2, -0.15) is 0 Å². The normalized spacial score (nSPS) is 21.7. The Labute approximate surface area is 123 Å². The van der Waals surface area contributed by atoms with Crippen molar-refractivity contribution in [3.63, 3.8) is 0 Å². The molecule has 2 rings (SSSR count). The molecule has 0 bridgehead atoms. The van der Waals surface area contributed by atoms with E-state index in [0.29, 0.717) is 11.7 Å². The van der Waals surface area contributed by atoms with Gasteiger partial charge in [-0.3, -0.25) is 4.79 Å². The number of carbonyl (C=O) groups excluding carboxylic acids is 1. The lowest BCUT2D eigenvalue weighted by atomic mass is 9.95. The van der Waals surface area contributed by atoms with Crippen molar-refractivity contribution in [2.24, 2.45) is 5.92 Å². The Morgan fingerprint density at radius 3 is 2.62 bits per heavy atom. The predicted molar refractivity (Wildman–Crippen MR) is 77.4 cm³/mol. The molecule has 0 spiro atoms. The molecule has 1 aromatic rings. The number of benzene rings is 1. The van der Waals surface area contributed by atoms with Crippen molar-refractivity contribution < 1.29 is 18.7 Å². The molecule has 5 nitrogen and oxygen atoms in total. The van der Waals surface area contributed by atoms with Crippen molar-refractivity contribution in [1.82, 2.24) is 10.6 Å². The highest BCUT2D eigenvalue weighted by molar-refractivity contribution is 5.95. The number of hydrogen-bond donors (Lipinski definition) is 2. The van der Waals surface area contributed by atoms with E-state index in [1.165, 1.54) is 26.4 Å². The molecule has 1 aliphatic rings. The average Bonchev–Trinajstić information content (AvgIpc) is 2.49. The number of ether oxygens (including phenoxy) is 2. The topological polar surface area (TPSA) is 59.6 Å². The van der Waals surface area contributed by atoms with Crippen LogP contribution in [0.5, 0.6) is 11.5 Å². The molecular formula is C15H21FN2O3. The first kappa shape index (κ1) is 15.6. The van der Waals surface area contributed by atoms with E-state index in [4.69, 9.17) is 9.47 Å². The fraction of sp³-hybridized carbons (Fsp3) is 0.533. The lowest BCUT2D eigenvalue weighted by Gasteiger charge is -2.30. The Morgan fingerprint density at radius 2 is 2.00 bits per heavy atom. The van der Waals surface area contributed by atoms with E-state index >= 15 is 0 Å². The molecule has 2 N–H and O–H groups in total. The number of carbonyl (C=O) groups is 1. The van der Waals surface area contributed by atoms with E-state index < -0.39 is 11.7 Å². The standard InChI is InChI=1S/C15H21FN2O3/c1-9-8-17-5-4-12(9)18-15(19)10-6-13(20-2)14(21-3)7-11(10)16/h6-7,9,12,17H,4-5,8H2,1-3H3,(H,18,19). The summed E-state index contributed by atoms with van der Waals surface area (Å²) in [5.41, 5.74) is -0.0293. The summed E-state index contributed by atoms with van der Waals surface area (Å²) in [4.78, 5) is 12.3. The Hall–Kier alpha value is -1.82. The van der Waals surface area contributed by atoms with Gasteiger partial charge in [0.2, 0.25) is 0 Å². The summed E-state index contributed by atoms with van der Waals surface area (Å²) in [6.45, 7) is 3.76. The van der Waals surface area contributed by atoms with Gasteiger partial charge in [0.05, 0.1) is 19.8 Å². The second kappa shape index (κ2) is 6.76. The maximum Gasteiger partial charge on any atom is 0.254 e. The van der Waals surface area contributed by atoms with Crippen LogP contribution in [0.15, 0.2) is 12.1 Å². The van der Waals surface area contributed by atoms with Crippen LogP contribution in [0.3, 0.4) is 0 Å². The third kappa shape index (κ3) is 3.44. The molecule has 1 aromatic carbocycles. The Bertz CT molecular complexity index is 522. The van der Waals surface area contributed by atoms with Crippen LogP contribution >= 0.6 is 0 Å². The van der Waals surface area contributed by atoms with Gasteiger partial charge in [-0.15, -0.1) is 0 Å². The zero-order valence-electron chi connectivity index (χ0n) is 12.5. The first-order chi connectivity index (χ1) is 10.1. The van der Waals surface area contributed by atoms with Crippen LogP contribution in [-0.2, 0) is 0 Å². The Morgan fingerprint density at radius 1 is 1.33 bits per heavy atom. The summed E-state index contributed by atoms with van der Waals surface area (Å²) in [5, 5.41) is 6.16. The number of piperidine rings is 1. The highest BCUT2D eigenvalue weighted by Gasteiger charge is 2.25. The van der Waals surface area contributed by atoms with Crippen molar-refractivity contribution >= 4 is 5.91 Å².